The number of nitrogens with zero attached hydrogens (tertiary/aromatic N) is 8. The Morgan fingerprint density at radius 3 is 2.39 bits per heavy atom. The molecule has 6 heterocycles. The fraction of sp³-hybridized carbons (Fsp3) is 0.486. The predicted octanol–water partition coefficient (Wildman–Crippen LogP) is 4.23. The number of amides is 4. The summed E-state index contributed by atoms with van der Waals surface area (Å²) in [7, 11) is 1.72. The lowest BCUT2D eigenvalue weighted by atomic mass is 9.95. The number of primary amides is 1. The molecule has 2 aliphatic heterocycles. The Balaban J connectivity index is 1.31. The van der Waals surface area contributed by atoms with Gasteiger partial charge in [0.25, 0.3) is 5.91 Å². The van der Waals surface area contributed by atoms with Gasteiger partial charge in [0, 0.05) is 54.8 Å². The topological polar surface area (TPSA) is 182 Å². The third-order valence-electron chi connectivity index (χ3n) is 11.2. The second-order valence-electron chi connectivity index (χ2n) is 14.7. The number of alkyl halides is 3. The standard InChI is InChI=1S/C37H41F3N10O4/c1-19-11-12-27(37(38,39)40)45-34(19)46-35(54)26-14-36-18-48(4)28(51)10-8-6-5-7-9-24-31-23(13-25(44-24)22-15-42-21(3)43-16-22)30(33(41)53)47-49(31)17-29(52)50(26)32(36)20(36)2/h11-13,15-16,20,26,32H,5-10,14,17-18H2,1-4H3,(H2,41,53)(H,45,46,54)/t20-,26-,32?,36+/m0/s1. The average Bonchev–Trinajstić information content (AvgIpc) is 3.38. The molecule has 14 nitrogen and oxygen atoms in total. The highest BCUT2D eigenvalue weighted by atomic mass is 19.4. The monoisotopic (exact) mass is 746 g/mol. The number of anilines is 1. The number of piperidine rings is 1. The Kier molecular flexibility index (Phi) is 9.38. The number of halogens is 3. The van der Waals surface area contributed by atoms with Gasteiger partial charge < -0.3 is 20.9 Å². The SMILES string of the molecule is Cc1ncc(-c2cc3c(C(N)=O)nn4c3c(n2)CCCCCCC(=O)N(C)C[C@@]23C[C@@H](C(=O)Nc5nc(C(F)(F)F)ccc5C)N(C(=O)C4)C2[C@@H]3C)cn1. The van der Waals surface area contributed by atoms with Gasteiger partial charge in [0.1, 0.15) is 29.9 Å². The van der Waals surface area contributed by atoms with Gasteiger partial charge in [-0.1, -0.05) is 25.8 Å². The van der Waals surface area contributed by atoms with Crippen LogP contribution in [-0.2, 0) is 33.5 Å². The van der Waals surface area contributed by atoms with Crippen LogP contribution in [0.4, 0.5) is 19.0 Å². The first-order valence-corrected chi connectivity index (χ1v) is 18.0. The van der Waals surface area contributed by atoms with E-state index in [4.69, 9.17) is 10.7 Å². The summed E-state index contributed by atoms with van der Waals surface area (Å²) in [5.74, 6) is -1.83. The predicted molar refractivity (Wildman–Crippen MR) is 189 cm³/mol. The highest BCUT2D eigenvalue weighted by Crippen LogP contribution is 2.64. The summed E-state index contributed by atoms with van der Waals surface area (Å²) < 4.78 is 42.1. The summed E-state index contributed by atoms with van der Waals surface area (Å²) in [6.07, 6.45) is 2.46. The molecule has 2 fully saturated rings. The molecular weight excluding hydrogens is 705 g/mol. The van der Waals surface area contributed by atoms with E-state index in [9.17, 15) is 32.3 Å². The summed E-state index contributed by atoms with van der Waals surface area (Å²) in [4.78, 5) is 75.1. The van der Waals surface area contributed by atoms with Gasteiger partial charge in [-0.05, 0) is 63.1 Å². The minimum Gasteiger partial charge on any atom is -0.364 e. The van der Waals surface area contributed by atoms with Gasteiger partial charge in [-0.25, -0.2) is 15.0 Å². The van der Waals surface area contributed by atoms with Crippen LogP contribution in [0.1, 0.15) is 78.7 Å². The van der Waals surface area contributed by atoms with Crippen LogP contribution >= 0.6 is 0 Å². The molecule has 284 valence electrons. The number of carbonyl (C=O) groups is 4. The number of aryl methyl sites for hydroxylation is 3. The summed E-state index contributed by atoms with van der Waals surface area (Å²) in [5.41, 5.74) is 6.44. The second kappa shape index (κ2) is 13.7. The van der Waals surface area contributed by atoms with Crippen molar-refractivity contribution in [2.75, 3.05) is 18.9 Å². The number of pyridine rings is 2. The highest BCUT2D eigenvalue weighted by Gasteiger charge is 2.73. The lowest BCUT2D eigenvalue weighted by molar-refractivity contribution is -0.141. The van der Waals surface area contributed by atoms with E-state index in [0.29, 0.717) is 71.5 Å². The molecule has 4 aromatic heterocycles. The Hall–Kier alpha value is -5.48. The van der Waals surface area contributed by atoms with Crippen LogP contribution in [0, 0.1) is 25.2 Å². The van der Waals surface area contributed by atoms with Crippen LogP contribution in [0.25, 0.3) is 22.2 Å². The van der Waals surface area contributed by atoms with E-state index in [2.05, 4.69) is 25.4 Å². The fourth-order valence-corrected chi connectivity index (χ4v) is 8.29. The summed E-state index contributed by atoms with van der Waals surface area (Å²) in [6, 6.07) is 2.19. The lowest BCUT2D eigenvalue weighted by Crippen LogP contribution is -2.47. The maximum atomic E-state index is 14.6. The molecule has 4 atom stereocenters. The molecule has 1 aliphatic carbocycles. The maximum absolute atomic E-state index is 14.6. The number of nitrogens with two attached hydrogens (primary N) is 1. The van der Waals surface area contributed by atoms with Gasteiger partial charge in [-0.2, -0.15) is 18.3 Å². The van der Waals surface area contributed by atoms with Crippen molar-refractivity contribution in [2.24, 2.45) is 17.1 Å². The molecule has 54 heavy (non-hydrogen) atoms. The van der Waals surface area contributed by atoms with Gasteiger partial charge in [0.05, 0.1) is 16.9 Å². The fourth-order valence-electron chi connectivity index (χ4n) is 8.29. The van der Waals surface area contributed by atoms with Crippen molar-refractivity contribution in [3.8, 4) is 11.3 Å². The van der Waals surface area contributed by atoms with Gasteiger partial charge >= 0.3 is 6.18 Å². The van der Waals surface area contributed by atoms with Gasteiger partial charge in [0.15, 0.2) is 5.69 Å². The normalized spacial score (nSPS) is 23.6. The molecule has 7 rings (SSSR count). The van der Waals surface area contributed by atoms with Crippen molar-refractivity contribution >= 4 is 40.3 Å². The number of hydrogen-bond acceptors (Lipinski definition) is 9. The summed E-state index contributed by atoms with van der Waals surface area (Å²) in [5, 5.41) is 7.49. The number of carbonyl (C=O) groups excluding carboxylic acids is 4. The maximum Gasteiger partial charge on any atom is 0.433 e. The van der Waals surface area contributed by atoms with E-state index in [1.807, 2.05) is 6.92 Å². The van der Waals surface area contributed by atoms with E-state index < -0.39 is 47.1 Å². The first kappa shape index (κ1) is 36.9. The largest absolute Gasteiger partial charge is 0.433 e. The Bertz CT molecular complexity index is 2170. The van der Waals surface area contributed by atoms with Crippen molar-refractivity contribution in [3.63, 3.8) is 0 Å². The van der Waals surface area contributed by atoms with E-state index in [0.717, 1.165) is 18.9 Å². The molecule has 0 radical (unpaired) electrons. The van der Waals surface area contributed by atoms with Crippen molar-refractivity contribution in [2.45, 2.75) is 90.5 Å². The zero-order valence-electron chi connectivity index (χ0n) is 30.4. The van der Waals surface area contributed by atoms with Crippen LogP contribution in [0.5, 0.6) is 0 Å². The third kappa shape index (κ3) is 6.64. The number of rotatable bonds is 4. The van der Waals surface area contributed by atoms with Crippen molar-refractivity contribution in [1.82, 2.24) is 39.5 Å². The Morgan fingerprint density at radius 1 is 1.00 bits per heavy atom. The number of aromatic nitrogens is 6. The molecule has 0 aromatic carbocycles. The number of nitrogens with one attached hydrogen (secondary N) is 1. The van der Waals surface area contributed by atoms with Crippen molar-refractivity contribution in [1.29, 1.82) is 0 Å². The van der Waals surface area contributed by atoms with Crippen LogP contribution in [0.15, 0.2) is 30.6 Å². The minimum atomic E-state index is -4.74. The minimum absolute atomic E-state index is 0.0448. The smallest absolute Gasteiger partial charge is 0.364 e. The van der Waals surface area contributed by atoms with E-state index in [1.54, 1.807) is 37.3 Å². The molecule has 0 spiro atoms. The molecule has 1 unspecified atom stereocenters. The zero-order valence-corrected chi connectivity index (χ0v) is 30.4. The second-order valence-corrected chi connectivity index (χ2v) is 14.7. The molecular formula is C37H41F3N10O4. The molecule has 4 amide bonds. The Morgan fingerprint density at radius 2 is 1.70 bits per heavy atom. The first-order valence-electron chi connectivity index (χ1n) is 18.0. The van der Waals surface area contributed by atoms with Crippen LogP contribution in [-0.4, -0.2) is 88.8 Å². The summed E-state index contributed by atoms with van der Waals surface area (Å²) >= 11 is 0. The molecule has 1 saturated heterocycles. The summed E-state index contributed by atoms with van der Waals surface area (Å²) in [6.45, 7) is 5.15. The molecule has 3 N–H and O–H groups in total. The van der Waals surface area contributed by atoms with E-state index in [-0.39, 0.29) is 36.3 Å². The van der Waals surface area contributed by atoms with Crippen molar-refractivity contribution < 1.29 is 32.3 Å². The highest BCUT2D eigenvalue weighted by molar-refractivity contribution is 6.06. The first-order chi connectivity index (χ1) is 25.6. The quantitative estimate of drug-likeness (QED) is 0.309. The Labute approximate surface area is 308 Å². The van der Waals surface area contributed by atoms with Crippen LogP contribution < -0.4 is 11.1 Å². The van der Waals surface area contributed by atoms with E-state index in [1.165, 1.54) is 22.6 Å². The third-order valence-corrected chi connectivity index (χ3v) is 11.2. The molecule has 1 saturated carbocycles. The van der Waals surface area contributed by atoms with Gasteiger partial charge in [0.2, 0.25) is 17.7 Å². The average molecular weight is 747 g/mol. The molecule has 2 bridgehead atoms. The van der Waals surface area contributed by atoms with Gasteiger partial charge in [-0.15, -0.1) is 0 Å². The van der Waals surface area contributed by atoms with E-state index >= 15 is 0 Å². The number of hydrogen-bond donors (Lipinski definition) is 2. The lowest BCUT2D eigenvalue weighted by Gasteiger charge is -2.29. The van der Waals surface area contributed by atoms with Crippen LogP contribution in [0.3, 0.4) is 0 Å². The van der Waals surface area contributed by atoms with Crippen molar-refractivity contribution in [3.05, 3.63) is 59.1 Å². The zero-order chi connectivity index (χ0) is 38.7. The molecule has 3 aliphatic rings. The van der Waals surface area contributed by atoms with Gasteiger partial charge in [-0.3, -0.25) is 28.8 Å². The molecule has 17 heteroatoms. The van der Waals surface area contributed by atoms with Crippen LogP contribution in [0.2, 0.25) is 0 Å². The molecule has 4 aromatic rings.